The van der Waals surface area contributed by atoms with Crippen LogP contribution in [0.2, 0.25) is 0 Å². The van der Waals surface area contributed by atoms with Gasteiger partial charge in [-0.25, -0.2) is 0 Å². The molecule has 1 radical (unpaired) electrons. The van der Waals surface area contributed by atoms with E-state index in [2.05, 4.69) is 22.0 Å². The van der Waals surface area contributed by atoms with E-state index in [0.717, 1.165) is 21.5 Å². The van der Waals surface area contributed by atoms with Crippen LogP contribution in [0.5, 0.6) is 5.75 Å². The first kappa shape index (κ1) is 17.6. The van der Waals surface area contributed by atoms with Crippen LogP contribution >= 0.6 is 15.9 Å². The smallest absolute Gasteiger partial charge is 0.197 e. The van der Waals surface area contributed by atoms with Gasteiger partial charge in [-0.05, 0) is 23.5 Å². The number of ether oxygens (including phenoxy) is 1. The van der Waals surface area contributed by atoms with Crippen LogP contribution in [0.15, 0.2) is 33.5 Å². The number of hydrogen-bond acceptors (Lipinski definition) is 2. The first-order chi connectivity index (χ1) is 9.08. The van der Waals surface area contributed by atoms with Gasteiger partial charge in [0.25, 0.3) is 0 Å². The maximum absolute atomic E-state index is 12.1. The van der Waals surface area contributed by atoms with Crippen molar-refractivity contribution in [3.8, 4) is 17.0 Å². The molecule has 0 aliphatic heterocycles. The van der Waals surface area contributed by atoms with Crippen LogP contribution in [-0.4, -0.2) is 11.7 Å². The third-order valence-corrected chi connectivity index (χ3v) is 3.68. The third kappa shape index (κ3) is 3.41. The van der Waals surface area contributed by atoms with Gasteiger partial charge in [0, 0.05) is 39.3 Å². The molecule has 103 valence electrons. The van der Waals surface area contributed by atoms with Crippen LogP contribution in [-0.2, 0) is 39.3 Å². The van der Waals surface area contributed by atoms with Gasteiger partial charge in [0.15, 0.2) is 5.56 Å². The molecule has 3 nitrogen and oxygen atoms in total. The molecular formula is C15H15BrNO2Y-. The summed E-state index contributed by atoms with van der Waals surface area (Å²) in [6.07, 6.45) is 0. The van der Waals surface area contributed by atoms with Gasteiger partial charge in [0.1, 0.15) is 5.75 Å². The quantitative estimate of drug-likeness (QED) is 0.727. The topological polar surface area (TPSA) is 31.2 Å². The minimum atomic E-state index is 0. The molecule has 0 atom stereocenters. The average Bonchev–Trinajstić information content (AvgIpc) is 2.42. The minimum Gasteiger partial charge on any atom is -0.497 e. The van der Waals surface area contributed by atoms with Crippen molar-refractivity contribution in [2.45, 2.75) is 20.4 Å². The Bertz CT molecular complexity index is 667. The number of hydrogen-bond donors (Lipinski definition) is 0. The molecule has 2 rings (SSSR count). The van der Waals surface area contributed by atoms with Gasteiger partial charge < -0.3 is 9.30 Å². The van der Waals surface area contributed by atoms with E-state index in [1.54, 1.807) is 24.7 Å². The van der Waals surface area contributed by atoms with E-state index < -0.39 is 0 Å². The molecule has 20 heavy (non-hydrogen) atoms. The van der Waals surface area contributed by atoms with E-state index in [4.69, 9.17) is 4.74 Å². The van der Waals surface area contributed by atoms with Crippen LogP contribution in [0, 0.1) is 13.0 Å². The number of nitrogens with zero attached hydrogens (tertiary/aromatic N) is 1. The molecule has 0 aliphatic rings. The first-order valence-electron chi connectivity index (χ1n) is 6.04. The Balaban J connectivity index is 0.00000200. The van der Waals surface area contributed by atoms with E-state index in [-0.39, 0.29) is 38.3 Å². The van der Waals surface area contributed by atoms with E-state index in [1.807, 2.05) is 25.1 Å². The molecule has 1 heterocycles. The summed E-state index contributed by atoms with van der Waals surface area (Å²) in [5.74, 6) is 0.771. The Hall–Kier alpha value is -0.446. The zero-order chi connectivity index (χ0) is 14.0. The maximum atomic E-state index is 12.1. The molecule has 0 fully saturated rings. The number of aromatic nitrogens is 1. The fourth-order valence-corrected chi connectivity index (χ4v) is 2.52. The van der Waals surface area contributed by atoms with Crippen molar-refractivity contribution in [2.75, 3.05) is 7.11 Å². The molecule has 1 aromatic carbocycles. The summed E-state index contributed by atoms with van der Waals surface area (Å²) in [4.78, 5) is 12.1. The Labute approximate surface area is 152 Å². The third-order valence-electron chi connectivity index (χ3n) is 3.03. The molecule has 1 aromatic heterocycles. The van der Waals surface area contributed by atoms with Crippen LogP contribution < -0.4 is 10.3 Å². The Morgan fingerprint density at radius 3 is 2.65 bits per heavy atom. The standard InChI is InChI=1S/C15H15BrNO2.Y/c1-4-17-14(8-5-10(2)15(17)18)12-7-6-11(19-3)9-13(12)16;/h5-7,9H,4H2,1-3H3;/q-1;. The normalized spacial score (nSPS) is 10.0. The summed E-state index contributed by atoms with van der Waals surface area (Å²) in [5, 5.41) is 0. The van der Waals surface area contributed by atoms with E-state index >= 15 is 0 Å². The second-order valence-corrected chi connectivity index (χ2v) is 5.07. The predicted molar refractivity (Wildman–Crippen MR) is 79.6 cm³/mol. The Morgan fingerprint density at radius 2 is 2.10 bits per heavy atom. The summed E-state index contributed by atoms with van der Waals surface area (Å²) in [5.41, 5.74) is 2.45. The molecule has 0 bridgehead atoms. The summed E-state index contributed by atoms with van der Waals surface area (Å²) >= 11 is 3.52. The second kappa shape index (κ2) is 7.53. The molecule has 5 heteroatoms. The maximum Gasteiger partial charge on any atom is 0.197 e. The van der Waals surface area contributed by atoms with Gasteiger partial charge >= 0.3 is 0 Å². The number of benzene rings is 1. The zero-order valence-electron chi connectivity index (χ0n) is 11.7. The van der Waals surface area contributed by atoms with Gasteiger partial charge in [-0.15, -0.1) is 6.07 Å². The Morgan fingerprint density at radius 1 is 1.40 bits per heavy atom. The van der Waals surface area contributed by atoms with E-state index in [9.17, 15) is 4.79 Å². The molecule has 2 aromatic rings. The predicted octanol–water partition coefficient (Wildman–Crippen LogP) is 3.41. The fourth-order valence-electron chi connectivity index (χ4n) is 1.97. The molecule has 0 N–H and O–H groups in total. The SMILES string of the molecule is CCn1c(-c2ccc(OC)cc2Br)[c-]cc(C)c1=O.[Y]. The van der Waals surface area contributed by atoms with Gasteiger partial charge in [-0.2, -0.15) is 12.1 Å². The Kier molecular flexibility index (Phi) is 6.63. The molecule has 0 aliphatic carbocycles. The van der Waals surface area contributed by atoms with Crippen molar-refractivity contribution in [1.82, 2.24) is 4.57 Å². The van der Waals surface area contributed by atoms with E-state index in [1.165, 1.54) is 0 Å². The van der Waals surface area contributed by atoms with Crippen molar-refractivity contribution in [3.05, 3.63) is 50.7 Å². The van der Waals surface area contributed by atoms with Crippen LogP contribution in [0.1, 0.15) is 12.5 Å². The summed E-state index contributed by atoms with van der Waals surface area (Å²) in [6, 6.07) is 10.6. The number of pyridine rings is 1. The van der Waals surface area contributed by atoms with Crippen molar-refractivity contribution in [1.29, 1.82) is 0 Å². The van der Waals surface area contributed by atoms with Crippen LogP contribution in [0.4, 0.5) is 0 Å². The molecule has 0 saturated heterocycles. The van der Waals surface area contributed by atoms with Crippen molar-refractivity contribution in [3.63, 3.8) is 0 Å². The van der Waals surface area contributed by atoms with Gasteiger partial charge in [-0.3, -0.25) is 4.79 Å². The van der Waals surface area contributed by atoms with Crippen molar-refractivity contribution in [2.24, 2.45) is 0 Å². The molecule has 0 amide bonds. The molecular weight excluding hydrogens is 395 g/mol. The van der Waals surface area contributed by atoms with Gasteiger partial charge in [0.05, 0.1) is 7.11 Å². The van der Waals surface area contributed by atoms with Gasteiger partial charge in [0.2, 0.25) is 0 Å². The number of aryl methyl sites for hydroxylation is 1. The first-order valence-corrected chi connectivity index (χ1v) is 6.83. The fraction of sp³-hybridized carbons (Fsp3) is 0.267. The number of methoxy groups -OCH3 is 1. The molecule has 0 spiro atoms. The van der Waals surface area contributed by atoms with Crippen LogP contribution in [0.25, 0.3) is 11.3 Å². The molecule has 0 unspecified atom stereocenters. The van der Waals surface area contributed by atoms with E-state index in [0.29, 0.717) is 12.1 Å². The van der Waals surface area contributed by atoms with Gasteiger partial charge in [-0.1, -0.05) is 39.7 Å². The minimum absolute atomic E-state index is 0. The summed E-state index contributed by atoms with van der Waals surface area (Å²) in [7, 11) is 1.63. The van der Waals surface area contributed by atoms with Crippen molar-refractivity contribution >= 4 is 15.9 Å². The van der Waals surface area contributed by atoms with Crippen LogP contribution in [0.3, 0.4) is 0 Å². The second-order valence-electron chi connectivity index (χ2n) is 4.22. The zero-order valence-corrected chi connectivity index (χ0v) is 16.2. The number of rotatable bonds is 3. The number of halogens is 1. The summed E-state index contributed by atoms with van der Waals surface area (Å²) in [6.45, 7) is 4.37. The molecule has 0 saturated carbocycles. The average molecular weight is 410 g/mol. The largest absolute Gasteiger partial charge is 0.497 e. The monoisotopic (exact) mass is 409 g/mol. The van der Waals surface area contributed by atoms with Crippen molar-refractivity contribution < 1.29 is 37.4 Å². The summed E-state index contributed by atoms with van der Waals surface area (Å²) < 4.78 is 7.78.